The number of thiazole rings is 1. The van der Waals surface area contributed by atoms with Crippen LogP contribution in [0.2, 0.25) is 0 Å². The third-order valence-electron chi connectivity index (χ3n) is 8.82. The Hall–Kier alpha value is -4.59. The van der Waals surface area contributed by atoms with Crippen LogP contribution < -0.4 is 20.3 Å². The molecule has 242 valence electrons. The number of carboxylic acid groups (broad SMARTS) is 1. The van der Waals surface area contributed by atoms with Gasteiger partial charge in [-0.25, -0.2) is 19.7 Å². The van der Waals surface area contributed by atoms with Gasteiger partial charge in [-0.2, -0.15) is 0 Å². The number of carbonyl (C=O) groups excluding carboxylic acids is 1. The predicted molar refractivity (Wildman–Crippen MR) is 185 cm³/mol. The average molecular weight is 670 g/mol. The van der Waals surface area contributed by atoms with E-state index in [4.69, 9.17) is 10.5 Å². The number of nitrogens with zero attached hydrogens (tertiary/aromatic N) is 6. The number of ether oxygens (including phenoxy) is 1. The van der Waals surface area contributed by atoms with Gasteiger partial charge in [0.25, 0.3) is 0 Å². The van der Waals surface area contributed by atoms with Crippen molar-refractivity contribution < 1.29 is 19.4 Å². The number of amides is 1. The first-order valence-corrected chi connectivity index (χ1v) is 17.3. The van der Waals surface area contributed by atoms with E-state index in [0.29, 0.717) is 48.1 Å². The molecule has 1 amide bonds. The molecule has 3 aromatic heterocycles. The second-order valence-corrected chi connectivity index (χ2v) is 13.8. The lowest BCUT2D eigenvalue weighted by atomic mass is 9.95. The first-order chi connectivity index (χ1) is 22.9. The SMILES string of the molecule is CN1CCN(c2ncnc3c(-c4ccc(OCCCc5sc(N6CCc7cccc(C(N)=O)c7C6)nc5C(=O)O)cc4)csc23)CC1. The average Bonchev–Trinajstić information content (AvgIpc) is 3.72. The number of piperazine rings is 1. The zero-order valence-corrected chi connectivity index (χ0v) is 27.6. The molecule has 0 unspecified atom stereocenters. The number of carbonyl (C=O) groups is 2. The van der Waals surface area contributed by atoms with Gasteiger partial charge in [-0.1, -0.05) is 24.3 Å². The van der Waals surface area contributed by atoms with Crippen LogP contribution in [0.1, 0.15) is 43.3 Å². The van der Waals surface area contributed by atoms with E-state index >= 15 is 0 Å². The Morgan fingerprint density at radius 2 is 1.83 bits per heavy atom. The Morgan fingerprint density at radius 3 is 2.60 bits per heavy atom. The summed E-state index contributed by atoms with van der Waals surface area (Å²) >= 11 is 3.07. The van der Waals surface area contributed by atoms with E-state index in [1.807, 2.05) is 41.3 Å². The Labute approximate surface area is 280 Å². The van der Waals surface area contributed by atoms with Crippen LogP contribution in [0, 0.1) is 0 Å². The summed E-state index contributed by atoms with van der Waals surface area (Å²) in [5, 5.41) is 12.7. The monoisotopic (exact) mass is 669 g/mol. The van der Waals surface area contributed by atoms with E-state index in [2.05, 4.69) is 37.2 Å². The normalized spacial score (nSPS) is 15.2. The molecule has 5 heterocycles. The lowest BCUT2D eigenvalue weighted by Gasteiger charge is -2.33. The Morgan fingerprint density at radius 1 is 1.02 bits per heavy atom. The van der Waals surface area contributed by atoms with Crippen molar-refractivity contribution >= 4 is 55.7 Å². The number of primary amides is 1. The third kappa shape index (κ3) is 6.38. The van der Waals surface area contributed by atoms with Gasteiger partial charge in [-0.15, -0.1) is 22.7 Å². The van der Waals surface area contributed by atoms with E-state index in [1.165, 1.54) is 11.3 Å². The van der Waals surface area contributed by atoms with Gasteiger partial charge < -0.3 is 30.3 Å². The fraction of sp³-hybridized carbons (Fsp3) is 0.324. The number of fused-ring (bicyclic) bond motifs is 2. The van der Waals surface area contributed by atoms with Crippen LogP contribution in [-0.2, 0) is 19.4 Å². The number of anilines is 2. The Bertz CT molecular complexity index is 1930. The molecule has 1 fully saturated rings. The van der Waals surface area contributed by atoms with Crippen molar-refractivity contribution in [3.63, 3.8) is 0 Å². The number of thiophene rings is 1. The van der Waals surface area contributed by atoms with E-state index in [9.17, 15) is 14.7 Å². The third-order valence-corrected chi connectivity index (χ3v) is 11.0. The highest BCUT2D eigenvalue weighted by molar-refractivity contribution is 7.18. The summed E-state index contributed by atoms with van der Waals surface area (Å²) in [4.78, 5) is 45.2. The van der Waals surface area contributed by atoms with Crippen molar-refractivity contribution in [1.29, 1.82) is 0 Å². The number of rotatable bonds is 10. The first-order valence-electron chi connectivity index (χ1n) is 15.6. The lowest BCUT2D eigenvalue weighted by Crippen LogP contribution is -2.44. The molecular formula is C34H35N7O4S2. The maximum Gasteiger partial charge on any atom is 0.355 e. The van der Waals surface area contributed by atoms with Gasteiger partial charge in [0.1, 0.15) is 17.9 Å². The van der Waals surface area contributed by atoms with E-state index in [0.717, 1.165) is 76.6 Å². The van der Waals surface area contributed by atoms with Gasteiger partial charge in [0.15, 0.2) is 10.8 Å². The molecule has 2 aromatic carbocycles. The van der Waals surface area contributed by atoms with Crippen molar-refractivity contribution in [3.05, 3.63) is 81.4 Å². The molecule has 1 saturated heterocycles. The quantitative estimate of drug-likeness (QED) is 0.197. The number of aryl methyl sites for hydroxylation is 1. The van der Waals surface area contributed by atoms with Crippen LogP contribution in [0.15, 0.2) is 54.2 Å². The van der Waals surface area contributed by atoms with Crippen LogP contribution in [0.3, 0.4) is 0 Å². The molecule has 0 radical (unpaired) electrons. The van der Waals surface area contributed by atoms with Gasteiger partial charge in [-0.3, -0.25) is 4.79 Å². The van der Waals surface area contributed by atoms with E-state index < -0.39 is 11.9 Å². The number of hydrogen-bond donors (Lipinski definition) is 2. The summed E-state index contributed by atoms with van der Waals surface area (Å²) in [6, 6.07) is 13.6. The highest BCUT2D eigenvalue weighted by Gasteiger charge is 2.26. The molecule has 0 spiro atoms. The maximum absolute atomic E-state index is 12.1. The fourth-order valence-corrected chi connectivity index (χ4v) is 8.39. The molecule has 0 bridgehead atoms. The van der Waals surface area contributed by atoms with Gasteiger partial charge in [0.05, 0.1) is 16.8 Å². The number of carboxylic acids is 1. The minimum atomic E-state index is -1.05. The number of benzene rings is 2. The molecule has 5 aromatic rings. The molecule has 2 aliphatic heterocycles. The van der Waals surface area contributed by atoms with Crippen molar-refractivity contribution in [2.24, 2.45) is 5.73 Å². The van der Waals surface area contributed by atoms with Gasteiger partial charge in [0.2, 0.25) is 5.91 Å². The van der Waals surface area contributed by atoms with Gasteiger partial charge in [-0.05, 0) is 61.2 Å². The van der Waals surface area contributed by atoms with Crippen molar-refractivity contribution in [2.45, 2.75) is 25.8 Å². The Balaban J connectivity index is 0.980. The summed E-state index contributed by atoms with van der Waals surface area (Å²) in [6.07, 6.45) is 3.56. The van der Waals surface area contributed by atoms with Crippen LogP contribution in [-0.4, -0.2) is 83.2 Å². The number of hydrogen-bond acceptors (Lipinski definition) is 11. The number of aromatic nitrogens is 3. The molecular weight excluding hydrogens is 635 g/mol. The summed E-state index contributed by atoms with van der Waals surface area (Å²) < 4.78 is 7.15. The smallest absolute Gasteiger partial charge is 0.355 e. The maximum atomic E-state index is 12.1. The first kappa shape index (κ1) is 31.0. The summed E-state index contributed by atoms with van der Waals surface area (Å²) in [7, 11) is 2.15. The molecule has 11 nitrogen and oxygen atoms in total. The zero-order valence-electron chi connectivity index (χ0n) is 26.0. The van der Waals surface area contributed by atoms with Crippen LogP contribution in [0.25, 0.3) is 21.3 Å². The lowest BCUT2D eigenvalue weighted by molar-refractivity contribution is 0.0690. The highest BCUT2D eigenvalue weighted by atomic mass is 32.1. The predicted octanol–water partition coefficient (Wildman–Crippen LogP) is 4.94. The van der Waals surface area contributed by atoms with E-state index in [-0.39, 0.29) is 5.69 Å². The molecule has 0 atom stereocenters. The molecule has 0 saturated carbocycles. The van der Waals surface area contributed by atoms with Crippen LogP contribution >= 0.6 is 22.7 Å². The van der Waals surface area contributed by atoms with Crippen LogP contribution in [0.5, 0.6) is 5.75 Å². The molecule has 7 rings (SSSR count). The zero-order chi connectivity index (χ0) is 32.5. The standard InChI is InChI=1S/C34H35N7O4S2/c1-39-13-15-40(16-14-39)32-30-28(36-20-37-32)26(19-46-30)22-7-9-23(10-8-22)45-17-3-6-27-29(33(43)44)38-34(47-27)41-12-11-21-4-2-5-24(31(35)42)25(21)18-41/h2,4-5,7-10,19-20H,3,6,11-18H2,1H3,(H2,35,42)(H,43,44). The number of likely N-dealkylation sites (N-methyl/N-ethyl adjacent to an activating group) is 1. The molecule has 0 aliphatic carbocycles. The minimum absolute atomic E-state index is 0.0749. The molecule has 3 N–H and O–H groups in total. The molecule has 13 heteroatoms. The molecule has 2 aliphatic rings. The Kier molecular flexibility index (Phi) is 8.76. The topological polar surface area (TPSA) is 138 Å². The van der Waals surface area contributed by atoms with Crippen molar-refractivity contribution in [1.82, 2.24) is 19.9 Å². The summed E-state index contributed by atoms with van der Waals surface area (Å²) in [6.45, 7) is 5.54. The highest BCUT2D eigenvalue weighted by Crippen LogP contribution is 2.38. The van der Waals surface area contributed by atoms with Crippen LogP contribution in [0.4, 0.5) is 10.9 Å². The van der Waals surface area contributed by atoms with Gasteiger partial charge >= 0.3 is 5.97 Å². The number of aromatic carboxylic acids is 1. The van der Waals surface area contributed by atoms with E-state index in [1.54, 1.807) is 23.7 Å². The summed E-state index contributed by atoms with van der Waals surface area (Å²) in [5.41, 5.74) is 11.3. The number of nitrogens with two attached hydrogens (primary N) is 1. The second-order valence-electron chi connectivity index (χ2n) is 11.8. The fourth-order valence-electron chi connectivity index (χ4n) is 6.23. The second kappa shape index (κ2) is 13.3. The van der Waals surface area contributed by atoms with Gasteiger partial charge in [0, 0.05) is 60.7 Å². The molecule has 47 heavy (non-hydrogen) atoms. The van der Waals surface area contributed by atoms with Crippen molar-refractivity contribution in [3.8, 4) is 16.9 Å². The largest absolute Gasteiger partial charge is 0.494 e. The minimum Gasteiger partial charge on any atom is -0.494 e. The van der Waals surface area contributed by atoms with Crippen molar-refractivity contribution in [2.75, 3.05) is 56.2 Å². The summed E-state index contributed by atoms with van der Waals surface area (Å²) in [5.74, 6) is 0.254.